The smallest absolute Gasteiger partial charge is 0.418 e. The summed E-state index contributed by atoms with van der Waals surface area (Å²) in [6.07, 6.45) is -11.5. The molecule has 6 rings (SSSR count). The molecule has 0 bridgehead atoms. The highest BCUT2D eigenvalue weighted by Crippen LogP contribution is 2.46. The second-order valence-corrected chi connectivity index (χ2v) is 16.8. The minimum absolute atomic E-state index is 0.213. The molecule has 0 saturated heterocycles. The fourth-order valence-electron chi connectivity index (χ4n) is 7.76. The van der Waals surface area contributed by atoms with Crippen LogP contribution in [0.15, 0.2) is 107 Å². The number of aliphatic hydroxyl groups is 2. The number of hydrogen-bond acceptors (Lipinski definition) is 8. The number of rotatable bonds is 14. The maximum atomic E-state index is 14.0. The Hall–Kier alpha value is -6.14. The number of halogens is 8. The first kappa shape index (κ1) is 48.9. The van der Waals surface area contributed by atoms with Gasteiger partial charge in [0.15, 0.2) is 11.2 Å². The minimum atomic E-state index is -4.98. The number of anilines is 2. The van der Waals surface area contributed by atoms with Crippen LogP contribution < -0.4 is 31.2 Å². The molecule has 6 aromatic rings. The molecule has 10 nitrogen and oxygen atoms in total. The van der Waals surface area contributed by atoms with Gasteiger partial charge in [0.05, 0.1) is 38.3 Å². The molecule has 6 N–H and O–H groups in total. The van der Waals surface area contributed by atoms with Crippen molar-refractivity contribution in [1.82, 2.24) is 9.97 Å². The van der Waals surface area contributed by atoms with E-state index in [0.29, 0.717) is 33.2 Å². The molecular formula is C46H48F8N4O6. The Morgan fingerprint density at radius 1 is 0.547 bits per heavy atom. The quantitative estimate of drug-likeness (QED) is 0.0593. The number of hydrogen-bond donors (Lipinski definition) is 6. The van der Waals surface area contributed by atoms with Gasteiger partial charge < -0.3 is 40.3 Å². The highest BCUT2D eigenvalue weighted by molar-refractivity contribution is 5.92. The van der Waals surface area contributed by atoms with Crippen molar-refractivity contribution in [1.29, 1.82) is 0 Å². The summed E-state index contributed by atoms with van der Waals surface area (Å²) in [5, 5.41) is 27.9. The molecule has 2 heterocycles. The fourth-order valence-corrected chi connectivity index (χ4v) is 7.76. The second kappa shape index (κ2) is 18.5. The molecule has 2 atom stereocenters. The Morgan fingerprint density at radius 3 is 1.23 bits per heavy atom. The maximum Gasteiger partial charge on any atom is 0.418 e. The predicted molar refractivity (Wildman–Crippen MR) is 229 cm³/mol. The molecule has 0 amide bonds. The summed E-state index contributed by atoms with van der Waals surface area (Å²) in [5.74, 6) is -0.779. The first-order valence-electron chi connectivity index (χ1n) is 19.7. The molecule has 64 heavy (non-hydrogen) atoms. The normalized spacial score (nSPS) is 14.2. The molecule has 2 aromatic heterocycles. The molecule has 0 aliphatic heterocycles. The molecule has 0 spiro atoms. The number of fused-ring (bicyclic) bond motifs is 2. The zero-order valence-corrected chi connectivity index (χ0v) is 35.6. The highest BCUT2D eigenvalue weighted by Gasteiger charge is 2.57. The zero-order chi connectivity index (χ0) is 47.5. The Morgan fingerprint density at radius 2 is 0.906 bits per heavy atom. The summed E-state index contributed by atoms with van der Waals surface area (Å²) in [4.78, 5) is 28.2. The van der Waals surface area contributed by atoms with E-state index in [2.05, 4.69) is 20.6 Å². The van der Waals surface area contributed by atoms with E-state index in [1.54, 1.807) is 36.4 Å². The lowest BCUT2D eigenvalue weighted by molar-refractivity contribution is -0.260. The third-order valence-electron chi connectivity index (χ3n) is 11.0. The largest absolute Gasteiger partial charge is 0.496 e. The summed E-state index contributed by atoms with van der Waals surface area (Å²) >= 11 is 0. The van der Waals surface area contributed by atoms with Crippen LogP contribution in [0.25, 0.3) is 21.8 Å². The van der Waals surface area contributed by atoms with Gasteiger partial charge in [-0.3, -0.25) is 9.59 Å². The number of benzene rings is 4. The summed E-state index contributed by atoms with van der Waals surface area (Å²) in [6.45, 7) is 4.26. The van der Waals surface area contributed by atoms with E-state index < -0.39 is 72.0 Å². The van der Waals surface area contributed by atoms with Crippen LogP contribution in [-0.2, 0) is 10.8 Å². The van der Waals surface area contributed by atoms with Gasteiger partial charge in [-0.15, -0.1) is 0 Å². The van der Waals surface area contributed by atoms with Gasteiger partial charge in [0.1, 0.15) is 23.1 Å². The average molecular weight is 905 g/mol. The first-order chi connectivity index (χ1) is 29.7. The molecule has 0 radical (unpaired) electrons. The summed E-state index contributed by atoms with van der Waals surface area (Å²) in [7, 11) is 2.68. The van der Waals surface area contributed by atoms with Crippen LogP contribution >= 0.6 is 0 Å². The number of pyridine rings is 2. The van der Waals surface area contributed by atoms with E-state index in [-0.39, 0.29) is 33.7 Å². The lowest BCUT2D eigenvalue weighted by Crippen LogP contribution is -2.53. The standard InChI is InChI=1S/2C23H24F4N2O3/c2*1-21(2,16-11-14(24)7-9-19(16)32-3)12-22(31,23(25,26)27)13-28-17-5-4-6-18-15(17)8-10-20(30)29-18/h2*4-11,28,31H,12-13H2,1-3H3,(H,29,30). The zero-order valence-electron chi connectivity index (χ0n) is 35.6. The lowest BCUT2D eigenvalue weighted by atomic mass is 9.74. The van der Waals surface area contributed by atoms with E-state index in [1.165, 1.54) is 78.3 Å². The Labute approximate surface area is 362 Å². The Balaban J connectivity index is 0.000000241. The van der Waals surface area contributed by atoms with Gasteiger partial charge in [-0.25, -0.2) is 8.78 Å². The van der Waals surface area contributed by atoms with E-state index in [9.17, 15) is 54.9 Å². The van der Waals surface area contributed by atoms with Crippen molar-refractivity contribution < 1.29 is 54.8 Å². The molecule has 0 aliphatic carbocycles. The molecule has 18 heteroatoms. The second-order valence-electron chi connectivity index (χ2n) is 16.8. The molecule has 0 aliphatic rings. The van der Waals surface area contributed by atoms with Gasteiger partial charge in [-0.1, -0.05) is 39.8 Å². The van der Waals surface area contributed by atoms with Crippen LogP contribution in [0.2, 0.25) is 0 Å². The van der Waals surface area contributed by atoms with Crippen molar-refractivity contribution in [3.8, 4) is 11.5 Å². The van der Waals surface area contributed by atoms with Crippen LogP contribution in [0.3, 0.4) is 0 Å². The predicted octanol–water partition coefficient (Wildman–Crippen LogP) is 9.50. The summed E-state index contributed by atoms with van der Waals surface area (Å²) < 4.78 is 122. The first-order valence-corrected chi connectivity index (χ1v) is 19.7. The number of nitrogens with one attached hydrogen (secondary N) is 4. The van der Waals surface area contributed by atoms with Crippen LogP contribution in [0, 0.1) is 11.6 Å². The van der Waals surface area contributed by atoms with E-state index in [1.807, 2.05) is 0 Å². The van der Waals surface area contributed by atoms with Crippen molar-refractivity contribution in [2.45, 2.75) is 74.9 Å². The van der Waals surface area contributed by atoms with E-state index in [4.69, 9.17) is 9.47 Å². The van der Waals surface area contributed by atoms with Gasteiger partial charge in [0.2, 0.25) is 11.1 Å². The topological polar surface area (TPSA) is 149 Å². The van der Waals surface area contributed by atoms with Gasteiger partial charge in [-0.05, 0) is 96.5 Å². The summed E-state index contributed by atoms with van der Waals surface area (Å²) in [5.41, 5.74) is -7.57. The number of ether oxygens (including phenoxy) is 2. The number of aromatic amines is 2. The number of aromatic nitrogens is 2. The highest BCUT2D eigenvalue weighted by atomic mass is 19.4. The molecule has 4 aromatic carbocycles. The van der Waals surface area contributed by atoms with Crippen molar-refractivity contribution >= 4 is 33.2 Å². The Bertz CT molecular complexity index is 2530. The lowest BCUT2D eigenvalue weighted by Gasteiger charge is -2.38. The maximum absolute atomic E-state index is 14.0. The van der Waals surface area contributed by atoms with Crippen LogP contribution in [0.4, 0.5) is 46.5 Å². The third-order valence-corrected chi connectivity index (χ3v) is 11.0. The summed E-state index contributed by atoms with van der Waals surface area (Å²) in [6, 6.07) is 22.2. The number of methoxy groups -OCH3 is 2. The van der Waals surface area contributed by atoms with Gasteiger partial charge in [0, 0.05) is 45.4 Å². The monoisotopic (exact) mass is 904 g/mol. The van der Waals surface area contributed by atoms with E-state index >= 15 is 0 Å². The van der Waals surface area contributed by atoms with Crippen LogP contribution in [0.1, 0.15) is 51.7 Å². The molecule has 0 fully saturated rings. The number of H-pyrrole nitrogens is 2. The van der Waals surface area contributed by atoms with Crippen LogP contribution in [0.5, 0.6) is 11.5 Å². The molecule has 2 unspecified atom stereocenters. The van der Waals surface area contributed by atoms with Crippen molar-refractivity contribution in [2.75, 3.05) is 37.9 Å². The van der Waals surface area contributed by atoms with Gasteiger partial charge in [0.25, 0.3) is 0 Å². The van der Waals surface area contributed by atoms with Crippen LogP contribution in [-0.4, -0.2) is 71.0 Å². The fraction of sp³-hybridized carbons (Fsp3) is 0.348. The van der Waals surface area contributed by atoms with Crippen molar-refractivity contribution in [3.63, 3.8) is 0 Å². The molecular weight excluding hydrogens is 857 g/mol. The SMILES string of the molecule is COc1ccc(F)cc1C(C)(C)CC(O)(CNc1cccc2[nH]c(=O)ccc12)C(F)(F)F.COc1ccc(F)cc1C(C)(C)CC(O)(CNc1cccc2[nH]c(=O)ccc12)C(F)(F)F. The minimum Gasteiger partial charge on any atom is -0.496 e. The van der Waals surface area contributed by atoms with E-state index in [0.717, 1.165) is 24.3 Å². The molecule has 344 valence electrons. The molecule has 0 saturated carbocycles. The van der Waals surface area contributed by atoms with Crippen molar-refractivity contribution in [2.24, 2.45) is 0 Å². The van der Waals surface area contributed by atoms with Crippen molar-refractivity contribution in [3.05, 3.63) is 141 Å². The number of alkyl halides is 6. The van der Waals surface area contributed by atoms with Gasteiger partial charge in [-0.2, -0.15) is 26.3 Å². The third kappa shape index (κ3) is 11.0. The average Bonchev–Trinajstić information content (AvgIpc) is 3.21. The Kier molecular flexibility index (Phi) is 14.2. The van der Waals surface area contributed by atoms with Gasteiger partial charge >= 0.3 is 12.4 Å².